The van der Waals surface area contributed by atoms with Crippen LogP contribution in [0, 0.1) is 12.8 Å². The number of hydrogen-bond donors (Lipinski definition) is 0. The lowest BCUT2D eigenvalue weighted by molar-refractivity contribution is -0.122. The Morgan fingerprint density at radius 1 is 1.25 bits per heavy atom. The van der Waals surface area contributed by atoms with Gasteiger partial charge in [0.05, 0.1) is 5.92 Å². The van der Waals surface area contributed by atoms with Gasteiger partial charge in [0.1, 0.15) is 0 Å². The number of carbonyl (C=O) groups excluding carboxylic acids is 1. The molecule has 0 unspecified atom stereocenters. The maximum Gasteiger partial charge on any atom is 0.231 e. The first kappa shape index (κ1) is 16.4. The highest BCUT2D eigenvalue weighted by Crippen LogP contribution is 2.26. The number of aromatic nitrogens is 2. The summed E-state index contributed by atoms with van der Waals surface area (Å²) in [5.74, 6) is 0.906. The summed E-state index contributed by atoms with van der Waals surface area (Å²) in [5, 5.41) is 0. The molecule has 1 aliphatic rings. The fourth-order valence-electron chi connectivity index (χ4n) is 3.35. The van der Waals surface area contributed by atoms with E-state index in [1.165, 1.54) is 0 Å². The average molecular weight is 324 g/mol. The third kappa shape index (κ3) is 3.40. The topological polar surface area (TPSA) is 49.3 Å². The van der Waals surface area contributed by atoms with Crippen molar-refractivity contribution in [2.75, 3.05) is 29.4 Å². The summed E-state index contributed by atoms with van der Waals surface area (Å²) in [6.07, 6.45) is 5.41. The summed E-state index contributed by atoms with van der Waals surface area (Å²) in [5.41, 5.74) is 2.14. The Kier molecular flexibility index (Phi) is 5.08. The number of hydrogen-bond acceptors (Lipinski definition) is 4. The predicted molar refractivity (Wildman–Crippen MR) is 96.2 cm³/mol. The summed E-state index contributed by atoms with van der Waals surface area (Å²) >= 11 is 0. The molecule has 126 valence electrons. The molecule has 0 aliphatic carbocycles. The number of piperidine rings is 1. The van der Waals surface area contributed by atoms with Gasteiger partial charge in [-0.1, -0.05) is 18.2 Å². The van der Waals surface area contributed by atoms with Crippen molar-refractivity contribution < 1.29 is 4.79 Å². The molecule has 1 aromatic heterocycles. The van der Waals surface area contributed by atoms with Crippen LogP contribution in [0.4, 0.5) is 11.6 Å². The van der Waals surface area contributed by atoms with Gasteiger partial charge in [0.15, 0.2) is 0 Å². The van der Waals surface area contributed by atoms with E-state index in [0.29, 0.717) is 19.0 Å². The van der Waals surface area contributed by atoms with Gasteiger partial charge in [-0.15, -0.1) is 0 Å². The molecule has 0 spiro atoms. The van der Waals surface area contributed by atoms with Crippen LogP contribution in [-0.4, -0.2) is 35.5 Å². The van der Waals surface area contributed by atoms with Gasteiger partial charge in [-0.05, 0) is 44.4 Å². The molecule has 24 heavy (non-hydrogen) atoms. The van der Waals surface area contributed by atoms with Crippen LogP contribution < -0.4 is 9.80 Å². The maximum atomic E-state index is 13.1. The number of nitrogens with zero attached hydrogens (tertiary/aromatic N) is 4. The van der Waals surface area contributed by atoms with Crippen molar-refractivity contribution in [2.45, 2.75) is 26.7 Å². The average Bonchev–Trinajstić information content (AvgIpc) is 2.64. The fraction of sp³-hybridized carbons (Fsp3) is 0.421. The van der Waals surface area contributed by atoms with Crippen molar-refractivity contribution in [3.63, 3.8) is 0 Å². The third-order valence-corrected chi connectivity index (χ3v) is 4.59. The molecule has 5 heteroatoms. The molecule has 5 nitrogen and oxygen atoms in total. The molecule has 1 atom stereocenters. The maximum absolute atomic E-state index is 13.1. The van der Waals surface area contributed by atoms with Crippen LogP contribution in [0.5, 0.6) is 0 Å². The van der Waals surface area contributed by atoms with Crippen LogP contribution in [0.25, 0.3) is 0 Å². The van der Waals surface area contributed by atoms with Crippen LogP contribution in [0.1, 0.15) is 25.3 Å². The summed E-state index contributed by atoms with van der Waals surface area (Å²) in [6.45, 7) is 6.36. The van der Waals surface area contributed by atoms with Crippen molar-refractivity contribution in [2.24, 2.45) is 5.92 Å². The normalized spacial score (nSPS) is 17.6. The molecule has 2 heterocycles. The van der Waals surface area contributed by atoms with Gasteiger partial charge in [-0.3, -0.25) is 4.79 Å². The molecule has 1 aromatic carbocycles. The van der Waals surface area contributed by atoms with Crippen molar-refractivity contribution >= 4 is 17.5 Å². The summed E-state index contributed by atoms with van der Waals surface area (Å²) in [7, 11) is 0. The minimum Gasteiger partial charge on any atom is -0.340 e. The zero-order valence-electron chi connectivity index (χ0n) is 14.4. The van der Waals surface area contributed by atoms with E-state index in [4.69, 9.17) is 0 Å². The molecular weight excluding hydrogens is 300 g/mol. The second-order valence-corrected chi connectivity index (χ2v) is 6.20. The van der Waals surface area contributed by atoms with Gasteiger partial charge in [-0.25, -0.2) is 9.97 Å². The molecule has 3 rings (SSSR count). The standard InChI is InChI=1S/C19H24N4O/c1-3-23(17-10-5-4-8-15(17)2)18(24)16-9-6-13-22(14-16)19-20-11-7-12-21-19/h4-5,7-8,10-12,16H,3,6,9,13-14H2,1-2H3/t16-/m1/s1. The van der Waals surface area contributed by atoms with Gasteiger partial charge in [0, 0.05) is 37.7 Å². The summed E-state index contributed by atoms with van der Waals surface area (Å²) < 4.78 is 0. The van der Waals surface area contributed by atoms with Crippen molar-refractivity contribution in [1.29, 1.82) is 0 Å². The van der Waals surface area contributed by atoms with Crippen LogP contribution in [0.3, 0.4) is 0 Å². The van der Waals surface area contributed by atoms with Gasteiger partial charge in [0.2, 0.25) is 11.9 Å². The van der Waals surface area contributed by atoms with E-state index in [1.54, 1.807) is 12.4 Å². The predicted octanol–water partition coefficient (Wildman–Crippen LogP) is 3.05. The smallest absolute Gasteiger partial charge is 0.231 e. The highest BCUT2D eigenvalue weighted by Gasteiger charge is 2.30. The van der Waals surface area contributed by atoms with Gasteiger partial charge in [-0.2, -0.15) is 0 Å². The number of rotatable bonds is 4. The Labute approximate surface area is 143 Å². The third-order valence-electron chi connectivity index (χ3n) is 4.59. The van der Waals surface area contributed by atoms with Crippen LogP contribution in [0.15, 0.2) is 42.7 Å². The van der Waals surface area contributed by atoms with E-state index in [-0.39, 0.29) is 11.8 Å². The lowest BCUT2D eigenvalue weighted by Gasteiger charge is -2.35. The Morgan fingerprint density at radius 3 is 2.71 bits per heavy atom. The SMILES string of the molecule is CCN(C(=O)[C@@H]1CCCN(c2ncccn2)C1)c1ccccc1C. The lowest BCUT2D eigenvalue weighted by Crippen LogP contribution is -2.45. The van der Waals surface area contributed by atoms with E-state index >= 15 is 0 Å². The molecule has 0 saturated carbocycles. The Hall–Kier alpha value is -2.43. The number of carbonyl (C=O) groups is 1. The van der Waals surface area contributed by atoms with Crippen LogP contribution in [-0.2, 0) is 4.79 Å². The molecule has 1 fully saturated rings. The highest BCUT2D eigenvalue weighted by molar-refractivity contribution is 5.96. The molecule has 2 aromatic rings. The zero-order chi connectivity index (χ0) is 16.9. The van der Waals surface area contributed by atoms with E-state index in [0.717, 1.165) is 30.6 Å². The minimum atomic E-state index is -0.0119. The minimum absolute atomic E-state index is 0.0119. The van der Waals surface area contributed by atoms with Crippen LogP contribution in [0.2, 0.25) is 0 Å². The molecule has 1 saturated heterocycles. The van der Waals surface area contributed by atoms with E-state index in [1.807, 2.05) is 36.1 Å². The first-order chi connectivity index (χ1) is 11.7. The second-order valence-electron chi connectivity index (χ2n) is 6.20. The number of amides is 1. The second kappa shape index (κ2) is 7.43. The Balaban J connectivity index is 1.77. The number of benzene rings is 1. The largest absolute Gasteiger partial charge is 0.340 e. The highest BCUT2D eigenvalue weighted by atomic mass is 16.2. The number of anilines is 2. The summed E-state index contributed by atoms with van der Waals surface area (Å²) in [4.78, 5) is 25.8. The van der Waals surface area contributed by atoms with E-state index < -0.39 is 0 Å². The molecular formula is C19H24N4O. The fourth-order valence-corrected chi connectivity index (χ4v) is 3.35. The van der Waals surface area contributed by atoms with Crippen molar-refractivity contribution in [3.05, 3.63) is 48.3 Å². The van der Waals surface area contributed by atoms with Crippen LogP contribution >= 0.6 is 0 Å². The van der Waals surface area contributed by atoms with E-state index in [2.05, 4.69) is 27.9 Å². The van der Waals surface area contributed by atoms with Gasteiger partial charge in [0.25, 0.3) is 0 Å². The van der Waals surface area contributed by atoms with Gasteiger partial charge >= 0.3 is 0 Å². The summed E-state index contributed by atoms with van der Waals surface area (Å²) in [6, 6.07) is 9.89. The molecule has 0 radical (unpaired) electrons. The first-order valence-corrected chi connectivity index (χ1v) is 8.59. The molecule has 1 amide bonds. The monoisotopic (exact) mass is 324 g/mol. The zero-order valence-corrected chi connectivity index (χ0v) is 14.4. The molecule has 0 bridgehead atoms. The van der Waals surface area contributed by atoms with Crippen molar-refractivity contribution in [1.82, 2.24) is 9.97 Å². The quantitative estimate of drug-likeness (QED) is 0.867. The lowest BCUT2D eigenvalue weighted by atomic mass is 9.96. The van der Waals surface area contributed by atoms with Crippen molar-refractivity contribution in [3.8, 4) is 0 Å². The molecule has 1 aliphatic heterocycles. The Bertz CT molecular complexity index is 689. The first-order valence-electron chi connectivity index (χ1n) is 8.59. The molecule has 0 N–H and O–H groups in total. The number of para-hydroxylation sites is 1. The van der Waals surface area contributed by atoms with Gasteiger partial charge < -0.3 is 9.80 Å². The Morgan fingerprint density at radius 2 is 2.00 bits per heavy atom. The number of aryl methyl sites for hydroxylation is 1. The van der Waals surface area contributed by atoms with E-state index in [9.17, 15) is 4.79 Å².